The Kier molecular flexibility index (Phi) is 4.79. The monoisotopic (exact) mass is 352 g/mol. The molecule has 0 aromatic heterocycles. The normalized spacial score (nSPS) is 12.7. The van der Waals surface area contributed by atoms with E-state index >= 15 is 0 Å². The van der Waals surface area contributed by atoms with Gasteiger partial charge >= 0.3 is 0 Å². The van der Waals surface area contributed by atoms with Gasteiger partial charge in [0, 0.05) is 24.6 Å². The number of hydrogen-bond donors (Lipinski definition) is 1. The lowest BCUT2D eigenvalue weighted by Crippen LogP contribution is -2.32. The second-order valence-corrected chi connectivity index (χ2v) is 5.65. The van der Waals surface area contributed by atoms with Crippen LogP contribution in [-0.4, -0.2) is 42.6 Å². The number of benzene rings is 2. The number of methoxy groups -OCH3 is 1. The van der Waals surface area contributed by atoms with Gasteiger partial charge < -0.3 is 10.1 Å². The van der Waals surface area contributed by atoms with Crippen LogP contribution in [0.5, 0.6) is 5.75 Å². The first-order valence-corrected chi connectivity index (χ1v) is 7.93. The molecule has 0 fully saturated rings. The molecule has 7 heteroatoms. The maximum absolute atomic E-state index is 12.5. The van der Waals surface area contributed by atoms with Crippen LogP contribution >= 0.6 is 0 Å². The number of amides is 3. The highest BCUT2D eigenvalue weighted by atomic mass is 16.5. The fourth-order valence-electron chi connectivity index (χ4n) is 2.87. The summed E-state index contributed by atoms with van der Waals surface area (Å²) >= 11 is 0. The van der Waals surface area contributed by atoms with E-state index in [-0.39, 0.29) is 24.3 Å². The summed E-state index contributed by atoms with van der Waals surface area (Å²) in [4.78, 5) is 49.0. The number of fused-ring (bicyclic) bond motifs is 1. The van der Waals surface area contributed by atoms with E-state index in [1.54, 1.807) is 30.3 Å². The molecule has 3 amide bonds. The van der Waals surface area contributed by atoms with Crippen molar-refractivity contribution >= 4 is 29.7 Å². The third-order valence-corrected chi connectivity index (χ3v) is 4.18. The second-order valence-electron chi connectivity index (χ2n) is 5.65. The molecule has 0 saturated heterocycles. The molecular formula is C19H16N2O5. The SMILES string of the molecule is COc1ccc(C(=O)CCN2C(=O)c3ccccc3C2=O)c(NC=O)c1. The van der Waals surface area contributed by atoms with Gasteiger partial charge in [0.25, 0.3) is 11.8 Å². The highest BCUT2D eigenvalue weighted by molar-refractivity contribution is 6.21. The smallest absolute Gasteiger partial charge is 0.261 e. The fourth-order valence-corrected chi connectivity index (χ4v) is 2.87. The molecule has 7 nitrogen and oxygen atoms in total. The number of nitrogens with one attached hydrogen (secondary N) is 1. The molecule has 1 N–H and O–H groups in total. The molecule has 0 bridgehead atoms. The number of hydrogen-bond acceptors (Lipinski definition) is 5. The molecular weight excluding hydrogens is 336 g/mol. The summed E-state index contributed by atoms with van der Waals surface area (Å²) in [5.74, 6) is -0.612. The van der Waals surface area contributed by atoms with E-state index in [1.165, 1.54) is 19.2 Å². The van der Waals surface area contributed by atoms with Crippen molar-refractivity contribution in [3.8, 4) is 5.75 Å². The average molecular weight is 352 g/mol. The highest BCUT2D eigenvalue weighted by Crippen LogP contribution is 2.25. The molecule has 2 aromatic carbocycles. The number of carbonyl (C=O) groups is 4. The van der Waals surface area contributed by atoms with Crippen molar-refractivity contribution in [2.45, 2.75) is 6.42 Å². The Morgan fingerprint density at radius 3 is 2.35 bits per heavy atom. The molecule has 0 aliphatic carbocycles. The summed E-state index contributed by atoms with van der Waals surface area (Å²) < 4.78 is 5.08. The number of rotatable bonds is 7. The summed E-state index contributed by atoms with van der Waals surface area (Å²) in [5.41, 5.74) is 1.29. The predicted octanol–water partition coefficient (Wildman–Crippen LogP) is 2.13. The van der Waals surface area contributed by atoms with Gasteiger partial charge in [0.05, 0.1) is 23.9 Å². The van der Waals surface area contributed by atoms with Gasteiger partial charge in [-0.2, -0.15) is 0 Å². The number of nitrogens with zero attached hydrogens (tertiary/aromatic N) is 1. The third kappa shape index (κ3) is 3.06. The lowest BCUT2D eigenvalue weighted by molar-refractivity contribution is -0.105. The van der Waals surface area contributed by atoms with Crippen LogP contribution < -0.4 is 10.1 Å². The number of ether oxygens (including phenoxy) is 1. The minimum Gasteiger partial charge on any atom is -0.497 e. The summed E-state index contributed by atoms with van der Waals surface area (Å²) in [7, 11) is 1.48. The molecule has 0 radical (unpaired) electrons. The van der Waals surface area contributed by atoms with Crippen LogP contribution in [0.25, 0.3) is 0 Å². The minimum absolute atomic E-state index is 0.0300. The number of ketones is 1. The molecule has 1 heterocycles. The summed E-state index contributed by atoms with van der Waals surface area (Å²) in [6, 6.07) is 11.2. The largest absolute Gasteiger partial charge is 0.497 e. The van der Waals surface area contributed by atoms with E-state index in [1.807, 2.05) is 0 Å². The molecule has 132 valence electrons. The molecule has 2 aromatic rings. The Morgan fingerprint density at radius 2 is 1.77 bits per heavy atom. The maximum Gasteiger partial charge on any atom is 0.261 e. The summed E-state index contributed by atoms with van der Waals surface area (Å²) in [6.45, 7) is -0.0300. The zero-order valence-corrected chi connectivity index (χ0v) is 14.0. The predicted molar refractivity (Wildman–Crippen MR) is 93.4 cm³/mol. The van der Waals surface area contributed by atoms with Crippen molar-refractivity contribution in [2.75, 3.05) is 19.0 Å². The van der Waals surface area contributed by atoms with Gasteiger partial charge in [-0.15, -0.1) is 0 Å². The van der Waals surface area contributed by atoms with E-state index in [0.717, 1.165) is 4.90 Å². The van der Waals surface area contributed by atoms with Crippen molar-refractivity contribution in [1.82, 2.24) is 4.90 Å². The van der Waals surface area contributed by atoms with Gasteiger partial charge in [-0.05, 0) is 24.3 Å². The van der Waals surface area contributed by atoms with E-state index in [0.29, 0.717) is 29.0 Å². The van der Waals surface area contributed by atoms with Gasteiger partial charge in [-0.1, -0.05) is 12.1 Å². The summed E-state index contributed by atoms with van der Waals surface area (Å²) in [6.07, 6.45) is 0.418. The van der Waals surface area contributed by atoms with Crippen LogP contribution in [0.4, 0.5) is 5.69 Å². The molecule has 0 saturated carbocycles. The van der Waals surface area contributed by atoms with Crippen molar-refractivity contribution in [3.63, 3.8) is 0 Å². The van der Waals surface area contributed by atoms with E-state index in [4.69, 9.17) is 4.74 Å². The lowest BCUT2D eigenvalue weighted by Gasteiger charge is -2.14. The number of Topliss-reactive ketones (excluding diaryl/α,β-unsaturated/α-hetero) is 1. The zero-order chi connectivity index (χ0) is 18.7. The molecule has 1 aliphatic heterocycles. The average Bonchev–Trinajstić information content (AvgIpc) is 2.91. The van der Waals surface area contributed by atoms with Crippen LogP contribution in [-0.2, 0) is 4.79 Å². The van der Waals surface area contributed by atoms with Crippen molar-refractivity contribution in [2.24, 2.45) is 0 Å². The quantitative estimate of drug-likeness (QED) is 0.468. The molecule has 26 heavy (non-hydrogen) atoms. The Bertz CT molecular complexity index is 872. The van der Waals surface area contributed by atoms with Gasteiger partial charge in [-0.3, -0.25) is 24.1 Å². The number of anilines is 1. The molecule has 0 atom stereocenters. The first kappa shape index (κ1) is 17.3. The Labute approximate surface area is 149 Å². The lowest BCUT2D eigenvalue weighted by atomic mass is 10.1. The molecule has 1 aliphatic rings. The van der Waals surface area contributed by atoms with Crippen LogP contribution in [0.15, 0.2) is 42.5 Å². The Balaban J connectivity index is 1.75. The minimum atomic E-state index is -0.403. The zero-order valence-electron chi connectivity index (χ0n) is 14.0. The van der Waals surface area contributed by atoms with Gasteiger partial charge in [-0.25, -0.2) is 0 Å². The van der Waals surface area contributed by atoms with Crippen LogP contribution in [0, 0.1) is 0 Å². The second kappa shape index (κ2) is 7.18. The standard InChI is InChI=1S/C19H16N2O5/c1-26-12-6-7-15(16(10-12)20-11-22)17(23)8-9-21-18(24)13-4-2-3-5-14(13)19(21)25/h2-7,10-11H,8-9H2,1H3,(H,20,22). The van der Waals surface area contributed by atoms with Gasteiger partial charge in [0.1, 0.15) is 5.75 Å². The van der Waals surface area contributed by atoms with Crippen molar-refractivity contribution in [1.29, 1.82) is 0 Å². The van der Waals surface area contributed by atoms with Crippen LogP contribution in [0.3, 0.4) is 0 Å². The first-order chi connectivity index (χ1) is 12.6. The third-order valence-electron chi connectivity index (χ3n) is 4.18. The highest BCUT2D eigenvalue weighted by Gasteiger charge is 2.35. The molecule has 0 unspecified atom stereocenters. The van der Waals surface area contributed by atoms with E-state index < -0.39 is 11.8 Å². The van der Waals surface area contributed by atoms with Crippen molar-refractivity contribution in [3.05, 3.63) is 59.2 Å². The Morgan fingerprint density at radius 1 is 1.12 bits per heavy atom. The van der Waals surface area contributed by atoms with Gasteiger partial charge in [0.2, 0.25) is 6.41 Å². The van der Waals surface area contributed by atoms with Gasteiger partial charge in [0.15, 0.2) is 5.78 Å². The number of carbonyl (C=O) groups excluding carboxylic acids is 4. The van der Waals surface area contributed by atoms with Crippen molar-refractivity contribution < 1.29 is 23.9 Å². The summed E-state index contributed by atoms with van der Waals surface area (Å²) in [5, 5.41) is 2.46. The number of imide groups is 1. The van der Waals surface area contributed by atoms with E-state index in [2.05, 4.69) is 5.32 Å². The van der Waals surface area contributed by atoms with Crippen LogP contribution in [0.1, 0.15) is 37.5 Å². The van der Waals surface area contributed by atoms with Crippen LogP contribution in [0.2, 0.25) is 0 Å². The van der Waals surface area contributed by atoms with E-state index in [9.17, 15) is 19.2 Å². The topological polar surface area (TPSA) is 92.8 Å². The Hall–Kier alpha value is -3.48. The maximum atomic E-state index is 12.5. The molecule has 0 spiro atoms. The fraction of sp³-hybridized carbons (Fsp3) is 0.158. The molecule has 3 rings (SSSR count). The first-order valence-electron chi connectivity index (χ1n) is 7.93.